The van der Waals surface area contributed by atoms with Gasteiger partial charge in [-0.1, -0.05) is 0 Å². The largest absolute Gasteiger partial charge is 0.366 e. The number of carbonyl (C=O) groups is 2. The van der Waals surface area contributed by atoms with Crippen molar-refractivity contribution >= 4 is 29.3 Å². The van der Waals surface area contributed by atoms with Gasteiger partial charge in [0.1, 0.15) is 5.82 Å². The van der Waals surface area contributed by atoms with Gasteiger partial charge in [-0.25, -0.2) is 4.39 Å². The lowest BCUT2D eigenvalue weighted by Crippen LogP contribution is -2.36. The van der Waals surface area contributed by atoms with Crippen molar-refractivity contribution in [1.29, 1.82) is 0 Å². The van der Waals surface area contributed by atoms with E-state index in [9.17, 15) is 14.0 Å². The van der Waals surface area contributed by atoms with Gasteiger partial charge in [0.05, 0.1) is 11.7 Å². The van der Waals surface area contributed by atoms with E-state index in [0.29, 0.717) is 6.42 Å². The number of anilines is 1. The van der Waals surface area contributed by atoms with Crippen LogP contribution in [0, 0.1) is 5.82 Å². The molecule has 0 heterocycles. The molecule has 0 aliphatic heterocycles. The summed E-state index contributed by atoms with van der Waals surface area (Å²) in [6, 6.07) is 2.80. The maximum Gasteiger partial charge on any atom is 0.248 e. The molecule has 0 spiro atoms. The summed E-state index contributed by atoms with van der Waals surface area (Å²) < 4.78 is 13.5. The second kappa shape index (κ2) is 7.10. The number of nitrogens with one attached hydrogen (secondary N) is 1. The summed E-state index contributed by atoms with van der Waals surface area (Å²) in [7, 11) is 0. The molecule has 5 N–H and O–H groups in total. The summed E-state index contributed by atoms with van der Waals surface area (Å²) in [5, 5.41) is 2.36. The Morgan fingerprint density at radius 2 is 2.16 bits per heavy atom. The third-order valence-electron chi connectivity index (χ3n) is 2.48. The van der Waals surface area contributed by atoms with Crippen molar-refractivity contribution in [3.8, 4) is 0 Å². The smallest absolute Gasteiger partial charge is 0.248 e. The Balaban J connectivity index is 2.78. The minimum atomic E-state index is -0.718. The zero-order valence-electron chi connectivity index (χ0n) is 10.5. The molecule has 1 aromatic rings. The van der Waals surface area contributed by atoms with Crippen LogP contribution >= 0.6 is 11.8 Å². The van der Waals surface area contributed by atoms with Gasteiger partial charge in [-0.05, 0) is 36.6 Å². The Morgan fingerprint density at radius 1 is 1.47 bits per heavy atom. The molecule has 104 valence electrons. The Hall–Kier alpha value is -1.60. The average molecular weight is 285 g/mol. The number of rotatable bonds is 6. The highest BCUT2D eigenvalue weighted by Crippen LogP contribution is 2.16. The van der Waals surface area contributed by atoms with Crippen molar-refractivity contribution in [1.82, 2.24) is 0 Å². The van der Waals surface area contributed by atoms with Gasteiger partial charge in [0.2, 0.25) is 11.8 Å². The first-order valence-electron chi connectivity index (χ1n) is 5.60. The molecule has 0 aliphatic rings. The SMILES string of the molecule is CSCC[C@@H](N)C(=O)Nc1cc(C(N)=O)ccc1F. The minimum Gasteiger partial charge on any atom is -0.366 e. The van der Waals surface area contributed by atoms with Gasteiger partial charge >= 0.3 is 0 Å². The summed E-state index contributed by atoms with van der Waals surface area (Å²) in [4.78, 5) is 22.7. The predicted molar refractivity (Wildman–Crippen MR) is 74.5 cm³/mol. The van der Waals surface area contributed by atoms with Crippen LogP contribution in [-0.4, -0.2) is 29.9 Å². The van der Waals surface area contributed by atoms with E-state index in [2.05, 4.69) is 5.32 Å². The lowest BCUT2D eigenvalue weighted by molar-refractivity contribution is -0.117. The summed E-state index contributed by atoms with van der Waals surface area (Å²) in [6.45, 7) is 0. The predicted octanol–water partition coefficient (Wildman–Crippen LogP) is 0.944. The molecule has 19 heavy (non-hydrogen) atoms. The molecule has 0 saturated carbocycles. The van der Waals surface area contributed by atoms with Crippen LogP contribution in [0.25, 0.3) is 0 Å². The number of hydrogen-bond donors (Lipinski definition) is 3. The number of benzene rings is 1. The summed E-state index contributed by atoms with van der Waals surface area (Å²) in [5.41, 5.74) is 10.8. The van der Waals surface area contributed by atoms with Crippen molar-refractivity contribution in [3.63, 3.8) is 0 Å². The highest BCUT2D eigenvalue weighted by Gasteiger charge is 2.15. The zero-order chi connectivity index (χ0) is 14.4. The van der Waals surface area contributed by atoms with Gasteiger partial charge in [-0.3, -0.25) is 9.59 Å². The highest BCUT2D eigenvalue weighted by molar-refractivity contribution is 7.98. The van der Waals surface area contributed by atoms with E-state index in [1.54, 1.807) is 11.8 Å². The van der Waals surface area contributed by atoms with Crippen molar-refractivity contribution in [3.05, 3.63) is 29.6 Å². The second-order valence-corrected chi connectivity index (χ2v) is 4.92. The van der Waals surface area contributed by atoms with Crippen LogP contribution in [0.3, 0.4) is 0 Å². The molecule has 0 aromatic heterocycles. The molecule has 1 rings (SSSR count). The normalized spacial score (nSPS) is 11.9. The third kappa shape index (κ3) is 4.53. The van der Waals surface area contributed by atoms with Crippen LogP contribution in [0.15, 0.2) is 18.2 Å². The topological polar surface area (TPSA) is 98.2 Å². The van der Waals surface area contributed by atoms with E-state index in [-0.39, 0.29) is 11.3 Å². The fourth-order valence-electron chi connectivity index (χ4n) is 1.38. The van der Waals surface area contributed by atoms with Gasteiger partial charge in [0, 0.05) is 5.56 Å². The van der Waals surface area contributed by atoms with Gasteiger partial charge in [-0.15, -0.1) is 0 Å². The third-order valence-corrected chi connectivity index (χ3v) is 3.12. The molecule has 1 atom stereocenters. The van der Waals surface area contributed by atoms with E-state index < -0.39 is 23.7 Å². The summed E-state index contributed by atoms with van der Waals surface area (Å²) >= 11 is 1.57. The Kier molecular flexibility index (Phi) is 5.78. The first-order valence-corrected chi connectivity index (χ1v) is 6.99. The summed E-state index contributed by atoms with van der Waals surface area (Å²) in [5.74, 6) is -1.09. The van der Waals surface area contributed by atoms with Crippen molar-refractivity contribution in [2.75, 3.05) is 17.3 Å². The standard InChI is InChI=1S/C12H16FN3O2S/c1-19-5-4-9(14)12(18)16-10-6-7(11(15)17)2-3-8(10)13/h2-3,6,9H,4-5,14H2,1H3,(H2,15,17)(H,16,18)/t9-/m1/s1. The molecular weight excluding hydrogens is 269 g/mol. The van der Waals surface area contributed by atoms with Crippen LogP contribution < -0.4 is 16.8 Å². The van der Waals surface area contributed by atoms with Crippen LogP contribution in [0.4, 0.5) is 10.1 Å². The van der Waals surface area contributed by atoms with E-state index in [1.165, 1.54) is 12.1 Å². The number of halogens is 1. The lowest BCUT2D eigenvalue weighted by atomic mass is 10.1. The summed E-state index contributed by atoms with van der Waals surface area (Å²) in [6.07, 6.45) is 2.39. The molecule has 5 nitrogen and oxygen atoms in total. The highest BCUT2D eigenvalue weighted by atomic mass is 32.2. The first-order chi connectivity index (χ1) is 8.95. The molecule has 2 amide bonds. The number of amides is 2. The molecule has 0 radical (unpaired) electrons. The number of nitrogens with two attached hydrogens (primary N) is 2. The Morgan fingerprint density at radius 3 is 2.74 bits per heavy atom. The number of thioether (sulfide) groups is 1. The van der Waals surface area contributed by atoms with Gasteiger partial charge in [-0.2, -0.15) is 11.8 Å². The number of hydrogen-bond acceptors (Lipinski definition) is 4. The van der Waals surface area contributed by atoms with Crippen molar-refractivity contribution < 1.29 is 14.0 Å². The van der Waals surface area contributed by atoms with E-state index in [4.69, 9.17) is 11.5 Å². The van der Waals surface area contributed by atoms with Crippen LogP contribution in [-0.2, 0) is 4.79 Å². The number of primary amides is 1. The monoisotopic (exact) mass is 285 g/mol. The Labute approximate surface area is 114 Å². The first kappa shape index (κ1) is 15.5. The molecule has 7 heteroatoms. The lowest BCUT2D eigenvalue weighted by Gasteiger charge is -2.12. The molecular formula is C12H16FN3O2S. The van der Waals surface area contributed by atoms with Crippen LogP contribution in [0.1, 0.15) is 16.8 Å². The molecule has 1 aromatic carbocycles. The maximum atomic E-state index is 13.5. The fraction of sp³-hybridized carbons (Fsp3) is 0.333. The Bertz CT molecular complexity index is 482. The van der Waals surface area contributed by atoms with Gasteiger partial charge in [0.25, 0.3) is 0 Å². The van der Waals surface area contributed by atoms with Crippen LogP contribution in [0.2, 0.25) is 0 Å². The van der Waals surface area contributed by atoms with Crippen LogP contribution in [0.5, 0.6) is 0 Å². The molecule has 0 fully saturated rings. The zero-order valence-corrected chi connectivity index (χ0v) is 11.3. The van der Waals surface area contributed by atoms with E-state index in [1.807, 2.05) is 6.26 Å². The minimum absolute atomic E-state index is 0.0964. The molecule has 0 bridgehead atoms. The van der Waals surface area contributed by atoms with Gasteiger partial charge in [0.15, 0.2) is 0 Å². The molecule has 0 aliphatic carbocycles. The molecule has 0 saturated heterocycles. The average Bonchev–Trinajstić information content (AvgIpc) is 2.38. The maximum absolute atomic E-state index is 13.5. The fourth-order valence-corrected chi connectivity index (χ4v) is 1.87. The quantitative estimate of drug-likeness (QED) is 0.724. The van der Waals surface area contributed by atoms with Crippen molar-refractivity contribution in [2.24, 2.45) is 11.5 Å². The number of carbonyl (C=O) groups excluding carboxylic acids is 2. The van der Waals surface area contributed by atoms with E-state index in [0.717, 1.165) is 11.8 Å². The molecule has 0 unspecified atom stereocenters. The van der Waals surface area contributed by atoms with E-state index >= 15 is 0 Å². The van der Waals surface area contributed by atoms with Crippen molar-refractivity contribution in [2.45, 2.75) is 12.5 Å². The second-order valence-electron chi connectivity index (χ2n) is 3.94. The van der Waals surface area contributed by atoms with Gasteiger partial charge < -0.3 is 16.8 Å².